The molecule has 0 fully saturated rings. The van der Waals surface area contributed by atoms with Gasteiger partial charge in [-0.25, -0.2) is 37.1 Å². The third kappa shape index (κ3) is 16.4. The van der Waals surface area contributed by atoms with Crippen LogP contribution in [0.1, 0.15) is 118 Å². The third-order valence-electron chi connectivity index (χ3n) is 14.2. The molecule has 0 saturated heterocycles. The zero-order valence-corrected chi connectivity index (χ0v) is 58.0. The second-order valence-electron chi connectivity index (χ2n) is 21.7. The Bertz CT molecular complexity index is 3950. The monoisotopic (exact) mass is 1510 g/mol. The molecule has 5 heterocycles. The number of aromatic nitrogens is 4. The van der Waals surface area contributed by atoms with Crippen LogP contribution in [0.15, 0.2) is 80.7 Å². The van der Waals surface area contributed by atoms with Crippen LogP contribution in [0.2, 0.25) is 10.0 Å². The van der Waals surface area contributed by atoms with Crippen LogP contribution in [0.25, 0.3) is 11.1 Å². The average Bonchev–Trinajstić information content (AvgIpc) is 2.06. The maximum Gasteiger partial charge on any atom is 0.354 e. The molecule has 9 rings (SSSR count). The number of nitrogens with zero attached hydrogens (tertiary/aromatic N) is 8. The molecule has 476 valence electrons. The molecular weight excluding hydrogens is 1440 g/mol. The van der Waals surface area contributed by atoms with Crippen LogP contribution in [0.3, 0.4) is 0 Å². The van der Waals surface area contributed by atoms with Crippen LogP contribution in [0, 0.1) is 37.7 Å². The van der Waals surface area contributed by atoms with Gasteiger partial charge in [0, 0.05) is 42.3 Å². The van der Waals surface area contributed by atoms with Crippen molar-refractivity contribution in [3.8, 4) is 34.7 Å². The van der Waals surface area contributed by atoms with E-state index in [9.17, 15) is 42.6 Å². The number of ether oxygens (including phenoxy) is 4. The molecule has 0 spiro atoms. The summed E-state index contributed by atoms with van der Waals surface area (Å²) in [6.07, 6.45) is 4.49. The lowest BCUT2D eigenvalue weighted by atomic mass is 9.91. The Balaban J connectivity index is 0.000000197. The van der Waals surface area contributed by atoms with Crippen molar-refractivity contribution in [1.82, 2.24) is 19.1 Å². The fourth-order valence-corrected chi connectivity index (χ4v) is 12.9. The number of ketones is 1. The molecule has 2 N–H and O–H groups in total. The average molecular weight is 1510 g/mol. The number of hydrazone groups is 1. The second kappa shape index (κ2) is 30.3. The van der Waals surface area contributed by atoms with Gasteiger partial charge in [0.25, 0.3) is 5.56 Å². The van der Waals surface area contributed by atoms with Crippen LogP contribution in [0.5, 0.6) is 17.5 Å². The Labute approximate surface area is 553 Å². The van der Waals surface area contributed by atoms with Crippen molar-refractivity contribution in [2.24, 2.45) is 22.7 Å². The van der Waals surface area contributed by atoms with Crippen molar-refractivity contribution >= 4 is 119 Å². The van der Waals surface area contributed by atoms with Gasteiger partial charge in [-0.15, -0.1) is 0 Å². The number of esters is 3. The van der Waals surface area contributed by atoms with Crippen molar-refractivity contribution in [2.45, 2.75) is 118 Å². The number of fused-ring (bicyclic) bond motifs is 1. The number of oxime groups is 1. The van der Waals surface area contributed by atoms with E-state index >= 15 is 0 Å². The number of halogens is 4. The molecule has 1 unspecified atom stereocenters. The van der Waals surface area contributed by atoms with E-state index in [-0.39, 0.29) is 64.5 Å². The van der Waals surface area contributed by atoms with Gasteiger partial charge in [0.1, 0.15) is 29.2 Å². The fourth-order valence-electron chi connectivity index (χ4n) is 9.66. The van der Waals surface area contributed by atoms with Gasteiger partial charge in [-0.05, 0) is 178 Å². The van der Waals surface area contributed by atoms with E-state index in [0.29, 0.717) is 96.0 Å². The molecule has 0 aliphatic carbocycles. The van der Waals surface area contributed by atoms with E-state index in [1.54, 1.807) is 67.4 Å². The summed E-state index contributed by atoms with van der Waals surface area (Å²) >= 11 is 16.2. The Morgan fingerprint density at radius 3 is 1.99 bits per heavy atom. The first-order valence-corrected chi connectivity index (χ1v) is 33.0. The van der Waals surface area contributed by atoms with Crippen LogP contribution < -0.4 is 15.3 Å². The van der Waals surface area contributed by atoms with Crippen LogP contribution in [-0.4, -0.2) is 118 Å². The summed E-state index contributed by atoms with van der Waals surface area (Å²) in [5.74, 6) is -1.52. The highest BCUT2D eigenvalue weighted by atomic mass is 127. The number of sulfone groups is 1. The Kier molecular flexibility index (Phi) is 24.3. The summed E-state index contributed by atoms with van der Waals surface area (Å²) in [4.78, 5) is 68.7. The quantitative estimate of drug-likeness (QED) is 0.0617. The summed E-state index contributed by atoms with van der Waals surface area (Å²) in [6, 6.07) is 17.2. The number of phenolic OH excluding ortho intramolecular Hbond substituents is 1. The number of rotatable bonds is 13. The highest BCUT2D eigenvalue weighted by Gasteiger charge is 2.50. The smallest absolute Gasteiger partial charge is 0.354 e. The molecule has 4 aromatic carbocycles. The van der Waals surface area contributed by atoms with Crippen molar-refractivity contribution < 1.29 is 61.6 Å². The van der Waals surface area contributed by atoms with Crippen molar-refractivity contribution in [1.29, 1.82) is 5.26 Å². The third-order valence-corrected chi connectivity index (χ3v) is 17.5. The number of aromatic hydroxyl groups is 2. The number of carbonyl (C=O) groups is 4. The summed E-state index contributed by atoms with van der Waals surface area (Å²) in [7, 11) is -2.00. The highest BCUT2D eigenvalue weighted by molar-refractivity contribution is 14.1. The van der Waals surface area contributed by atoms with Gasteiger partial charge in [-0.3, -0.25) is 14.4 Å². The number of hydrogen-bond acceptors (Lipinski definition) is 19. The minimum atomic E-state index is -3.52. The van der Waals surface area contributed by atoms with Crippen LogP contribution in [0.4, 0.5) is 5.69 Å². The Hall–Kier alpha value is -6.84. The SMILES string of the molecule is CCOC(=O)C1=NN(c2ccc(Cl)cc2Cl)C(C)(C(=O)OCC)C1.CCc1cc(C)cc(CC)c1-c1c(OC(=O)C(C)(C)C)n2n(c1=O)CCOCC2.Cc1c(C(=O)c2cnn(C)c2O)ccc(S(C)(=O)=O)c1C1=NOCC1.N#Cc1cc(I)c(O)c(I)c1. The first-order chi connectivity index (χ1) is 41.9. The summed E-state index contributed by atoms with van der Waals surface area (Å²) in [6.45, 7) is 21.0. The number of carbonyl (C=O) groups excluding carboxylic acids is 4. The van der Waals surface area contributed by atoms with E-state index < -0.39 is 38.5 Å². The maximum absolute atomic E-state index is 13.5. The summed E-state index contributed by atoms with van der Waals surface area (Å²) in [5.41, 5.74) is 5.63. The summed E-state index contributed by atoms with van der Waals surface area (Å²) in [5, 5.41) is 42.0. The molecule has 1 atom stereocenters. The van der Waals surface area contributed by atoms with E-state index in [4.69, 9.17) is 52.2 Å². The predicted octanol–water partition coefficient (Wildman–Crippen LogP) is 10.8. The molecule has 22 nitrogen and oxygen atoms in total. The number of benzene rings is 4. The number of anilines is 1. The second-order valence-corrected chi connectivity index (χ2v) is 26.9. The normalized spacial score (nSPS) is 15.2. The number of nitriles is 1. The molecule has 2 aromatic heterocycles. The molecule has 27 heteroatoms. The molecule has 0 saturated carbocycles. The molecule has 89 heavy (non-hydrogen) atoms. The molecule has 0 bridgehead atoms. The zero-order chi connectivity index (χ0) is 66.0. The van der Waals surface area contributed by atoms with E-state index in [0.717, 1.165) is 35.8 Å². The predicted molar refractivity (Wildman–Crippen MR) is 354 cm³/mol. The number of aryl methyl sites for hydroxylation is 4. The number of phenols is 1. The highest BCUT2D eigenvalue weighted by Crippen LogP contribution is 2.40. The van der Waals surface area contributed by atoms with Gasteiger partial charge in [0.2, 0.25) is 11.8 Å². The van der Waals surface area contributed by atoms with Gasteiger partial charge in [-0.2, -0.15) is 15.5 Å². The fraction of sp³-hybridized carbons (Fsp3) is 0.403. The summed E-state index contributed by atoms with van der Waals surface area (Å²) < 4.78 is 51.9. The Morgan fingerprint density at radius 1 is 0.854 bits per heavy atom. The minimum absolute atomic E-state index is 0.0493. The first kappa shape index (κ1) is 71.2. The molecular formula is C62H70Cl2I2N8O14S. The zero-order valence-electron chi connectivity index (χ0n) is 51.3. The number of hydrogen-bond donors (Lipinski definition) is 2. The van der Waals surface area contributed by atoms with Crippen molar-refractivity contribution in [3.63, 3.8) is 0 Å². The van der Waals surface area contributed by atoms with E-state index in [1.165, 1.54) is 40.6 Å². The van der Waals surface area contributed by atoms with Crippen LogP contribution >= 0.6 is 68.4 Å². The lowest BCUT2D eigenvalue weighted by Gasteiger charge is -2.32. The topological polar surface area (TPSA) is 286 Å². The van der Waals surface area contributed by atoms with Crippen molar-refractivity contribution in [2.75, 3.05) is 44.3 Å². The molecule has 0 amide bonds. The van der Waals surface area contributed by atoms with Gasteiger partial charge in [0.05, 0.1) is 91.2 Å². The van der Waals surface area contributed by atoms with Gasteiger partial charge >= 0.3 is 17.9 Å². The molecule has 6 aromatic rings. The van der Waals surface area contributed by atoms with Gasteiger partial charge < -0.3 is 34.0 Å². The largest absolute Gasteiger partial charge is 0.506 e. The van der Waals surface area contributed by atoms with Crippen LogP contribution in [-0.2, 0) is 76.2 Å². The van der Waals surface area contributed by atoms with Gasteiger partial charge in [-0.1, -0.05) is 59.9 Å². The van der Waals surface area contributed by atoms with E-state index in [1.807, 2.05) is 72.0 Å². The lowest BCUT2D eigenvalue weighted by molar-refractivity contribution is -0.148. The lowest BCUT2D eigenvalue weighted by Crippen LogP contribution is -2.48. The Morgan fingerprint density at radius 2 is 1.47 bits per heavy atom. The van der Waals surface area contributed by atoms with Gasteiger partial charge in [0.15, 0.2) is 21.2 Å². The van der Waals surface area contributed by atoms with Crippen molar-refractivity contribution in [3.05, 3.63) is 133 Å². The minimum Gasteiger partial charge on any atom is -0.506 e. The molecule has 0 radical (unpaired) electrons. The van der Waals surface area contributed by atoms with E-state index in [2.05, 4.69) is 48.3 Å². The first-order valence-electron chi connectivity index (χ1n) is 28.2. The standard InChI is InChI=1S/C23H32N2O4.C16H18Cl2N2O4.C16H17N3O5S.C7H3I2NO/c1-7-16-13-15(3)14-17(8-2)18(16)19-20(26)24-9-11-28-12-10-25(24)21(19)29-22(27)23(4,5)6;1-4-23-14(21)12-9-16(3,15(22)24-5-2)20(19-12)13-7-6-10(17)8-11(13)18;1-9-10(15(20)11-8-17-19(2)16(11)21)4-5-13(25(3,22)23)14(9)12-6-7-24-18-12;8-5-1-4(3-10)2-6(9)7(5)11/h13-14H,7-12H2,1-6H3;6-8H,4-5,9H2,1-3H3;4-5,8,21H,6-7H2,1-3H3;1-2,11H. The maximum atomic E-state index is 13.5. The molecule has 3 aliphatic rings. The molecule has 3 aliphatic heterocycles.